The molecule has 2 aromatic rings. The minimum atomic E-state index is -3.41. The van der Waals surface area contributed by atoms with Crippen molar-refractivity contribution in [2.45, 2.75) is 57.4 Å². The molecule has 33 heavy (non-hydrogen) atoms. The summed E-state index contributed by atoms with van der Waals surface area (Å²) in [6.45, 7) is 1.40. The molecule has 0 spiro atoms. The fourth-order valence-corrected chi connectivity index (χ4v) is 6.65. The average molecular weight is 475 g/mol. The molecule has 0 atom stereocenters. The Morgan fingerprint density at radius 2 is 1.85 bits per heavy atom. The first kappa shape index (κ1) is 22.3. The smallest absolute Gasteiger partial charge is 0.290 e. The van der Waals surface area contributed by atoms with Gasteiger partial charge in [0.2, 0.25) is 5.91 Å². The van der Waals surface area contributed by atoms with Crippen molar-refractivity contribution in [1.82, 2.24) is 24.0 Å². The summed E-state index contributed by atoms with van der Waals surface area (Å²) in [5, 5.41) is 6.70. The maximum Gasteiger partial charge on any atom is 0.328 e. The maximum atomic E-state index is 12.7. The molecule has 0 unspecified atom stereocenters. The number of rotatable bonds is 6. The molecule has 0 aromatic carbocycles. The number of nitrogens with zero attached hydrogens (tertiary/aromatic N) is 4. The lowest BCUT2D eigenvalue weighted by Crippen LogP contribution is -2.49. The lowest BCUT2D eigenvalue weighted by molar-refractivity contribution is -0.120. The van der Waals surface area contributed by atoms with Gasteiger partial charge < -0.3 is 0 Å². The predicted octanol–water partition coefficient (Wildman–Crippen LogP) is 1.81. The molecule has 4 heterocycles. The van der Waals surface area contributed by atoms with Crippen LogP contribution in [0.25, 0.3) is 5.52 Å². The number of fused-ring (bicyclic) bond motifs is 1. The summed E-state index contributed by atoms with van der Waals surface area (Å²) in [5.41, 5.74) is 2.63. The maximum absolute atomic E-state index is 12.7. The van der Waals surface area contributed by atoms with Gasteiger partial charge in [0, 0.05) is 38.3 Å². The number of aromatic nitrogens is 2. The second kappa shape index (κ2) is 9.03. The summed E-state index contributed by atoms with van der Waals surface area (Å²) in [5.74, 6) is 0.132. The number of hydrogen-bond donors (Lipinski definition) is 2. The molecule has 1 saturated carbocycles. The highest BCUT2D eigenvalue weighted by molar-refractivity contribution is 7.87. The summed E-state index contributed by atoms with van der Waals surface area (Å²) >= 11 is 0. The predicted molar refractivity (Wildman–Crippen MR) is 123 cm³/mol. The van der Waals surface area contributed by atoms with Crippen LogP contribution in [0.15, 0.2) is 24.5 Å². The number of carbonyl (C=O) groups is 2. The molecule has 2 aliphatic heterocycles. The van der Waals surface area contributed by atoms with Crippen LogP contribution in [0.4, 0.5) is 10.5 Å². The standard InChI is InChI=1S/C22H30N6O4S/c29-21-8-11-27(22(30)24-21)20-15-23-28-12-7-17(14-19(20)28)13-16-5-9-26(10-6-16)33(31,32)25-18-3-1-2-4-18/h7,12,14-16,18,25H,1-6,8-11,13H2,(H,24,29,30). The Bertz CT molecular complexity index is 1150. The van der Waals surface area contributed by atoms with Crippen molar-refractivity contribution >= 4 is 33.4 Å². The lowest BCUT2D eigenvalue weighted by Gasteiger charge is -2.32. The van der Waals surface area contributed by atoms with Crippen LogP contribution in [0.1, 0.15) is 50.5 Å². The molecule has 0 bridgehead atoms. The number of pyridine rings is 1. The van der Waals surface area contributed by atoms with Crippen molar-refractivity contribution < 1.29 is 18.0 Å². The van der Waals surface area contributed by atoms with Crippen molar-refractivity contribution in [2.24, 2.45) is 5.92 Å². The molecule has 2 saturated heterocycles. The van der Waals surface area contributed by atoms with Gasteiger partial charge in [-0.15, -0.1) is 0 Å². The number of carbonyl (C=O) groups excluding carboxylic acids is 2. The van der Waals surface area contributed by atoms with Gasteiger partial charge in [-0.3, -0.25) is 15.0 Å². The average Bonchev–Trinajstić information content (AvgIpc) is 3.44. The summed E-state index contributed by atoms with van der Waals surface area (Å²) in [6, 6.07) is 3.72. The number of piperidine rings is 1. The van der Waals surface area contributed by atoms with Gasteiger partial charge in [0.1, 0.15) is 0 Å². The normalized spacial score (nSPS) is 21.8. The highest BCUT2D eigenvalue weighted by Gasteiger charge is 2.31. The quantitative estimate of drug-likeness (QED) is 0.662. The van der Waals surface area contributed by atoms with Gasteiger partial charge in [0.25, 0.3) is 10.2 Å². The third kappa shape index (κ3) is 4.75. The topological polar surface area (TPSA) is 116 Å². The van der Waals surface area contributed by atoms with Crippen molar-refractivity contribution in [3.05, 3.63) is 30.1 Å². The molecule has 178 valence electrons. The van der Waals surface area contributed by atoms with E-state index in [9.17, 15) is 18.0 Å². The zero-order chi connectivity index (χ0) is 23.0. The largest absolute Gasteiger partial charge is 0.328 e. The van der Waals surface area contributed by atoms with E-state index < -0.39 is 16.2 Å². The number of amides is 3. The minimum absolute atomic E-state index is 0.0874. The molecular formula is C22H30N6O4S. The Balaban J connectivity index is 1.23. The zero-order valence-electron chi connectivity index (χ0n) is 18.6. The number of urea groups is 1. The van der Waals surface area contributed by atoms with Crippen LogP contribution in [0.5, 0.6) is 0 Å². The molecule has 2 N–H and O–H groups in total. The fraction of sp³-hybridized carbons (Fsp3) is 0.591. The van der Waals surface area contributed by atoms with Crippen molar-refractivity contribution in [3.63, 3.8) is 0 Å². The van der Waals surface area contributed by atoms with Crippen LogP contribution < -0.4 is 14.9 Å². The molecule has 3 aliphatic rings. The van der Waals surface area contributed by atoms with E-state index in [1.807, 2.05) is 18.3 Å². The number of anilines is 1. The Morgan fingerprint density at radius 3 is 2.58 bits per heavy atom. The molecule has 0 radical (unpaired) electrons. The molecule has 3 fully saturated rings. The van der Waals surface area contributed by atoms with Gasteiger partial charge in [0.15, 0.2) is 0 Å². The van der Waals surface area contributed by atoms with E-state index in [4.69, 9.17) is 0 Å². The SMILES string of the molecule is O=C1CCN(c2cnn3ccc(CC4CCN(S(=O)(=O)NC5CCCC5)CC4)cc23)C(=O)N1. The van der Waals surface area contributed by atoms with Crippen LogP contribution in [-0.2, 0) is 21.4 Å². The van der Waals surface area contributed by atoms with Crippen LogP contribution >= 0.6 is 0 Å². The van der Waals surface area contributed by atoms with Gasteiger partial charge in [-0.25, -0.2) is 9.31 Å². The summed E-state index contributed by atoms with van der Waals surface area (Å²) < 4.78 is 31.6. The summed E-state index contributed by atoms with van der Waals surface area (Å²) in [4.78, 5) is 25.3. The van der Waals surface area contributed by atoms with E-state index in [-0.39, 0.29) is 18.4 Å². The molecular weight excluding hydrogens is 444 g/mol. The molecule has 11 heteroatoms. The van der Waals surface area contributed by atoms with Gasteiger partial charge in [-0.1, -0.05) is 12.8 Å². The van der Waals surface area contributed by atoms with Crippen LogP contribution in [0.2, 0.25) is 0 Å². The Hall–Kier alpha value is -2.50. The van der Waals surface area contributed by atoms with Crippen LogP contribution in [0, 0.1) is 5.92 Å². The van der Waals surface area contributed by atoms with E-state index in [0.717, 1.165) is 56.0 Å². The molecule has 2 aromatic heterocycles. The van der Waals surface area contributed by atoms with Gasteiger partial charge in [-0.05, 0) is 55.7 Å². The Labute approximate surface area is 193 Å². The number of hydrogen-bond acceptors (Lipinski definition) is 5. The van der Waals surface area contributed by atoms with Gasteiger partial charge in [-0.2, -0.15) is 22.5 Å². The van der Waals surface area contributed by atoms with Crippen molar-refractivity contribution in [2.75, 3.05) is 24.5 Å². The highest BCUT2D eigenvalue weighted by atomic mass is 32.2. The molecule has 10 nitrogen and oxygen atoms in total. The van der Waals surface area contributed by atoms with Gasteiger partial charge in [0.05, 0.1) is 17.4 Å². The van der Waals surface area contributed by atoms with E-state index >= 15 is 0 Å². The summed E-state index contributed by atoms with van der Waals surface area (Å²) in [7, 11) is -3.41. The first-order chi connectivity index (χ1) is 15.9. The first-order valence-corrected chi connectivity index (χ1v) is 13.2. The second-order valence-electron chi connectivity index (χ2n) is 9.30. The fourth-order valence-electron chi connectivity index (χ4n) is 5.16. The van der Waals surface area contributed by atoms with Crippen molar-refractivity contribution in [1.29, 1.82) is 0 Å². The van der Waals surface area contributed by atoms with Crippen molar-refractivity contribution in [3.8, 4) is 0 Å². The first-order valence-electron chi connectivity index (χ1n) is 11.7. The summed E-state index contributed by atoms with van der Waals surface area (Å²) in [6.07, 6.45) is 10.3. The number of imide groups is 1. The second-order valence-corrected chi connectivity index (χ2v) is 11.0. The van der Waals surface area contributed by atoms with Crippen LogP contribution in [0.3, 0.4) is 0 Å². The molecule has 3 amide bonds. The van der Waals surface area contributed by atoms with E-state index in [2.05, 4.69) is 15.1 Å². The van der Waals surface area contributed by atoms with Gasteiger partial charge >= 0.3 is 6.03 Å². The van der Waals surface area contributed by atoms with E-state index in [1.54, 1.807) is 19.9 Å². The zero-order valence-corrected chi connectivity index (χ0v) is 19.4. The van der Waals surface area contributed by atoms with Crippen LogP contribution in [-0.4, -0.2) is 60.0 Å². The molecule has 1 aliphatic carbocycles. The number of nitrogens with one attached hydrogen (secondary N) is 2. The minimum Gasteiger partial charge on any atom is -0.290 e. The lowest BCUT2D eigenvalue weighted by atomic mass is 9.91. The monoisotopic (exact) mass is 474 g/mol. The third-order valence-corrected chi connectivity index (χ3v) is 8.70. The molecule has 5 rings (SSSR count). The Kier molecular flexibility index (Phi) is 6.11. The Morgan fingerprint density at radius 1 is 1.09 bits per heavy atom. The van der Waals surface area contributed by atoms with E-state index in [0.29, 0.717) is 31.2 Å². The van der Waals surface area contributed by atoms with E-state index in [1.165, 1.54) is 0 Å². The highest BCUT2D eigenvalue weighted by Crippen LogP contribution is 2.28. The third-order valence-electron chi connectivity index (χ3n) is 7.02.